The van der Waals surface area contributed by atoms with Crippen LogP contribution in [-0.4, -0.2) is 24.5 Å². The minimum atomic E-state index is -0.883. The fourth-order valence-electron chi connectivity index (χ4n) is 4.08. The Kier molecular flexibility index (Phi) is 6.15. The molecule has 4 heteroatoms. The molecule has 1 amide bonds. The highest BCUT2D eigenvalue weighted by atomic mass is 16.5. The van der Waals surface area contributed by atoms with Crippen molar-refractivity contribution < 1.29 is 14.3 Å². The van der Waals surface area contributed by atoms with Gasteiger partial charge in [-0.15, -0.1) is 0 Å². The van der Waals surface area contributed by atoms with Crippen LogP contribution in [0, 0.1) is 25.2 Å². The highest BCUT2D eigenvalue weighted by Gasteiger charge is 2.45. The molecule has 0 radical (unpaired) electrons. The Labute approximate surface area is 157 Å². The predicted molar refractivity (Wildman–Crippen MR) is 104 cm³/mol. The number of amides is 1. The van der Waals surface area contributed by atoms with E-state index in [4.69, 9.17) is 4.74 Å². The summed E-state index contributed by atoms with van der Waals surface area (Å²) >= 11 is 0. The molecule has 1 aromatic carbocycles. The molecule has 1 aliphatic carbocycles. The molecule has 0 saturated heterocycles. The average Bonchev–Trinajstić information content (AvgIpc) is 2.56. The lowest BCUT2D eigenvalue weighted by atomic mass is 9.67. The van der Waals surface area contributed by atoms with Gasteiger partial charge in [-0.1, -0.05) is 44.5 Å². The van der Waals surface area contributed by atoms with Crippen LogP contribution in [0.15, 0.2) is 18.2 Å². The van der Waals surface area contributed by atoms with E-state index >= 15 is 0 Å². The summed E-state index contributed by atoms with van der Waals surface area (Å²) < 4.78 is 5.05. The van der Waals surface area contributed by atoms with Gasteiger partial charge in [0.15, 0.2) is 0 Å². The van der Waals surface area contributed by atoms with Gasteiger partial charge in [-0.3, -0.25) is 4.79 Å². The van der Waals surface area contributed by atoms with Gasteiger partial charge in [0.25, 0.3) is 0 Å². The Morgan fingerprint density at radius 3 is 2.31 bits per heavy atom. The van der Waals surface area contributed by atoms with Gasteiger partial charge in [0, 0.05) is 0 Å². The smallest absolute Gasteiger partial charge is 0.331 e. The molecule has 1 aromatic rings. The van der Waals surface area contributed by atoms with Crippen LogP contribution in [-0.2, 0) is 20.7 Å². The monoisotopic (exact) mass is 359 g/mol. The summed E-state index contributed by atoms with van der Waals surface area (Å²) in [5, 5.41) is 3.03. The number of ether oxygens (including phenoxy) is 1. The minimum Gasteiger partial charge on any atom is -0.467 e. The average molecular weight is 360 g/mol. The lowest BCUT2D eigenvalue weighted by molar-refractivity contribution is -0.153. The molecular formula is C22H33NO3. The third-order valence-electron chi connectivity index (χ3n) is 5.87. The van der Waals surface area contributed by atoms with Gasteiger partial charge >= 0.3 is 5.97 Å². The maximum atomic E-state index is 12.7. The predicted octanol–water partition coefficient (Wildman–Crippen LogP) is 4.11. The van der Waals surface area contributed by atoms with Crippen molar-refractivity contribution in [2.45, 2.75) is 72.3 Å². The highest BCUT2D eigenvalue weighted by molar-refractivity contribution is 5.89. The molecule has 0 aliphatic heterocycles. The summed E-state index contributed by atoms with van der Waals surface area (Å²) in [5.41, 5.74) is 2.61. The SMILES string of the molecule is COC(=O)C1(NC(=O)Cc2ccc(C)cc2C)CCC(C(C)(C)C)CC1. The van der Waals surface area contributed by atoms with Gasteiger partial charge in [0.05, 0.1) is 13.5 Å². The number of benzene rings is 1. The van der Waals surface area contributed by atoms with E-state index in [1.54, 1.807) is 0 Å². The van der Waals surface area contributed by atoms with E-state index in [1.165, 1.54) is 12.7 Å². The van der Waals surface area contributed by atoms with Crippen molar-refractivity contribution in [3.05, 3.63) is 34.9 Å². The van der Waals surface area contributed by atoms with Crippen LogP contribution in [0.1, 0.15) is 63.1 Å². The Morgan fingerprint density at radius 2 is 1.81 bits per heavy atom. The van der Waals surface area contributed by atoms with Crippen molar-refractivity contribution in [3.8, 4) is 0 Å². The van der Waals surface area contributed by atoms with E-state index in [-0.39, 0.29) is 23.7 Å². The Morgan fingerprint density at radius 1 is 1.19 bits per heavy atom. The Bertz CT molecular complexity index is 664. The van der Waals surface area contributed by atoms with Gasteiger partial charge in [-0.2, -0.15) is 0 Å². The zero-order chi connectivity index (χ0) is 19.5. The number of esters is 1. The molecule has 1 saturated carbocycles. The van der Waals surface area contributed by atoms with E-state index in [9.17, 15) is 9.59 Å². The standard InChI is InChI=1S/C22H33NO3/c1-15-7-8-17(16(2)13-15)14-19(24)23-22(20(25)26-6)11-9-18(10-12-22)21(3,4)5/h7-8,13,18H,9-12,14H2,1-6H3,(H,23,24). The molecule has 2 rings (SSSR count). The molecule has 0 atom stereocenters. The molecular weight excluding hydrogens is 326 g/mol. The summed E-state index contributed by atoms with van der Waals surface area (Å²) in [4.78, 5) is 25.2. The van der Waals surface area contributed by atoms with Crippen molar-refractivity contribution >= 4 is 11.9 Å². The van der Waals surface area contributed by atoms with E-state index < -0.39 is 5.54 Å². The van der Waals surface area contributed by atoms with E-state index in [2.05, 4.69) is 32.2 Å². The zero-order valence-electron chi connectivity index (χ0n) is 17.1. The number of aryl methyl sites for hydroxylation is 2. The van der Waals surface area contributed by atoms with Gasteiger partial charge in [-0.25, -0.2) is 4.79 Å². The van der Waals surface area contributed by atoms with Crippen molar-refractivity contribution in [3.63, 3.8) is 0 Å². The number of hydrogen-bond donors (Lipinski definition) is 1. The maximum absolute atomic E-state index is 12.7. The molecule has 1 aliphatic rings. The fourth-order valence-corrected chi connectivity index (χ4v) is 4.08. The van der Waals surface area contributed by atoms with Gasteiger partial charge in [-0.05, 0) is 62.0 Å². The fraction of sp³-hybridized carbons (Fsp3) is 0.636. The third kappa shape index (κ3) is 4.66. The van der Waals surface area contributed by atoms with Crippen LogP contribution in [0.4, 0.5) is 0 Å². The number of carbonyl (C=O) groups excluding carboxylic acids is 2. The number of methoxy groups -OCH3 is 1. The molecule has 26 heavy (non-hydrogen) atoms. The van der Waals surface area contributed by atoms with Crippen LogP contribution in [0.25, 0.3) is 0 Å². The second-order valence-electron chi connectivity index (χ2n) is 8.87. The summed E-state index contributed by atoms with van der Waals surface area (Å²) in [6.07, 6.45) is 3.40. The van der Waals surface area contributed by atoms with E-state index in [0.29, 0.717) is 18.8 Å². The molecule has 0 heterocycles. The van der Waals surface area contributed by atoms with Crippen LogP contribution < -0.4 is 5.32 Å². The summed E-state index contributed by atoms with van der Waals surface area (Å²) in [7, 11) is 1.40. The Balaban J connectivity index is 2.11. The number of carbonyl (C=O) groups is 2. The van der Waals surface area contributed by atoms with Crippen LogP contribution in [0.5, 0.6) is 0 Å². The van der Waals surface area contributed by atoms with Crippen LogP contribution in [0.3, 0.4) is 0 Å². The molecule has 0 bridgehead atoms. The molecule has 0 unspecified atom stereocenters. The summed E-state index contributed by atoms with van der Waals surface area (Å²) in [5.74, 6) is 0.118. The van der Waals surface area contributed by atoms with Crippen molar-refractivity contribution in [1.29, 1.82) is 0 Å². The second-order valence-corrected chi connectivity index (χ2v) is 8.87. The molecule has 1 fully saturated rings. The summed E-state index contributed by atoms with van der Waals surface area (Å²) in [6.45, 7) is 10.8. The third-order valence-corrected chi connectivity index (χ3v) is 5.87. The number of hydrogen-bond acceptors (Lipinski definition) is 3. The second kappa shape index (κ2) is 7.81. The van der Waals surface area contributed by atoms with Gasteiger partial charge in [0.1, 0.15) is 5.54 Å². The molecule has 0 aromatic heterocycles. The first kappa shape index (κ1) is 20.5. The normalized spacial score (nSPS) is 23.4. The van der Waals surface area contributed by atoms with Crippen molar-refractivity contribution in [1.82, 2.24) is 5.32 Å². The van der Waals surface area contributed by atoms with Crippen LogP contribution in [0.2, 0.25) is 0 Å². The number of rotatable bonds is 4. The quantitative estimate of drug-likeness (QED) is 0.823. The maximum Gasteiger partial charge on any atom is 0.331 e. The topological polar surface area (TPSA) is 55.4 Å². The molecule has 0 spiro atoms. The lowest BCUT2D eigenvalue weighted by Crippen LogP contribution is -2.57. The highest BCUT2D eigenvalue weighted by Crippen LogP contribution is 2.41. The van der Waals surface area contributed by atoms with Gasteiger partial charge in [0.2, 0.25) is 5.91 Å². The first-order chi connectivity index (χ1) is 12.1. The number of nitrogens with one attached hydrogen (secondary N) is 1. The lowest BCUT2D eigenvalue weighted by Gasteiger charge is -2.42. The first-order valence-corrected chi connectivity index (χ1v) is 9.53. The Hall–Kier alpha value is -1.84. The summed E-state index contributed by atoms with van der Waals surface area (Å²) in [6, 6.07) is 6.08. The molecule has 144 valence electrons. The van der Waals surface area contributed by atoms with Crippen LogP contribution >= 0.6 is 0 Å². The van der Waals surface area contributed by atoms with Gasteiger partial charge < -0.3 is 10.1 Å². The molecule has 4 nitrogen and oxygen atoms in total. The van der Waals surface area contributed by atoms with Crippen molar-refractivity contribution in [2.24, 2.45) is 11.3 Å². The largest absolute Gasteiger partial charge is 0.467 e. The zero-order valence-corrected chi connectivity index (χ0v) is 17.1. The van der Waals surface area contributed by atoms with E-state index in [0.717, 1.165) is 24.0 Å². The minimum absolute atomic E-state index is 0.114. The first-order valence-electron chi connectivity index (χ1n) is 9.53. The van der Waals surface area contributed by atoms with Crippen molar-refractivity contribution in [2.75, 3.05) is 7.11 Å². The molecule has 1 N–H and O–H groups in total. The van der Waals surface area contributed by atoms with E-state index in [1.807, 2.05) is 26.0 Å².